The lowest BCUT2D eigenvalue weighted by molar-refractivity contribution is -0.123. The van der Waals surface area contributed by atoms with Gasteiger partial charge < -0.3 is 10.6 Å². The predicted molar refractivity (Wildman–Crippen MR) is 82.7 cm³/mol. The van der Waals surface area contributed by atoms with Crippen LogP contribution in [-0.4, -0.2) is 18.5 Å². The lowest BCUT2D eigenvalue weighted by Gasteiger charge is -2.26. The molecule has 2 fully saturated rings. The third-order valence-corrected chi connectivity index (χ3v) is 5.36. The number of rotatable bonds is 5. The molecule has 0 aromatic heterocycles. The summed E-state index contributed by atoms with van der Waals surface area (Å²) >= 11 is 0. The van der Waals surface area contributed by atoms with Crippen LogP contribution in [0.1, 0.15) is 36.8 Å². The third-order valence-electron chi connectivity index (χ3n) is 5.36. The lowest BCUT2D eigenvalue weighted by Crippen LogP contribution is -2.48. The minimum Gasteiger partial charge on any atom is -0.354 e. The molecule has 1 aromatic carbocycles. The van der Waals surface area contributed by atoms with Crippen molar-refractivity contribution in [2.75, 3.05) is 6.54 Å². The van der Waals surface area contributed by atoms with Crippen molar-refractivity contribution >= 4 is 5.91 Å². The zero-order valence-electron chi connectivity index (χ0n) is 12.5. The number of amides is 1. The molecule has 3 nitrogen and oxygen atoms in total. The van der Waals surface area contributed by atoms with Crippen LogP contribution in [-0.2, 0) is 17.8 Å². The second kappa shape index (κ2) is 5.45. The molecule has 2 N–H and O–H groups in total. The molecule has 0 saturated heterocycles. The van der Waals surface area contributed by atoms with E-state index in [4.69, 9.17) is 0 Å². The molecule has 1 aromatic rings. The van der Waals surface area contributed by atoms with Crippen LogP contribution in [0.25, 0.3) is 0 Å². The first-order chi connectivity index (χ1) is 10.3. The monoisotopic (exact) mass is 284 g/mol. The highest BCUT2D eigenvalue weighted by Gasteiger charge is 2.41. The maximum atomic E-state index is 12.4. The van der Waals surface area contributed by atoms with E-state index in [0.29, 0.717) is 0 Å². The van der Waals surface area contributed by atoms with Gasteiger partial charge >= 0.3 is 0 Å². The Kier molecular flexibility index (Phi) is 3.46. The molecule has 0 spiro atoms. The standard InChI is InChI=1S/C18H24N2O/c21-18(20-11-16(12-5-6-12)13-7-8-13)17-9-14-3-1-2-4-15(14)10-19-17/h1-4,12-13,16-17,19H,5-11H2,(H,20,21). The fourth-order valence-corrected chi connectivity index (χ4v) is 3.75. The maximum absolute atomic E-state index is 12.4. The van der Waals surface area contributed by atoms with Crippen molar-refractivity contribution in [1.29, 1.82) is 0 Å². The molecule has 0 bridgehead atoms. The average molecular weight is 284 g/mol. The van der Waals surface area contributed by atoms with Crippen LogP contribution in [0.3, 0.4) is 0 Å². The normalized spacial score (nSPS) is 24.7. The van der Waals surface area contributed by atoms with Crippen LogP contribution in [0.4, 0.5) is 0 Å². The molecule has 2 saturated carbocycles. The van der Waals surface area contributed by atoms with Gasteiger partial charge in [-0.3, -0.25) is 4.79 Å². The molecule has 0 radical (unpaired) electrons. The Labute approximate surface area is 126 Å². The summed E-state index contributed by atoms with van der Waals surface area (Å²) in [6.07, 6.45) is 6.34. The Hall–Kier alpha value is -1.35. The summed E-state index contributed by atoms with van der Waals surface area (Å²) in [5.41, 5.74) is 2.65. The first-order valence-electron chi connectivity index (χ1n) is 8.39. The average Bonchev–Trinajstić information content (AvgIpc) is 3.39. The van der Waals surface area contributed by atoms with Crippen molar-refractivity contribution in [3.8, 4) is 0 Å². The van der Waals surface area contributed by atoms with E-state index >= 15 is 0 Å². The molecule has 3 aliphatic rings. The van der Waals surface area contributed by atoms with E-state index < -0.39 is 0 Å². The van der Waals surface area contributed by atoms with Crippen LogP contribution in [0, 0.1) is 17.8 Å². The summed E-state index contributed by atoms with van der Waals surface area (Å²) in [5.74, 6) is 2.75. The second-order valence-electron chi connectivity index (χ2n) is 6.99. The first kappa shape index (κ1) is 13.3. The lowest BCUT2D eigenvalue weighted by atomic mass is 9.94. The third kappa shape index (κ3) is 2.98. The summed E-state index contributed by atoms with van der Waals surface area (Å²) in [6, 6.07) is 8.37. The summed E-state index contributed by atoms with van der Waals surface area (Å²) in [7, 11) is 0. The molecule has 2 aliphatic carbocycles. The molecule has 1 unspecified atom stereocenters. The van der Waals surface area contributed by atoms with E-state index in [1.54, 1.807) is 0 Å². The second-order valence-corrected chi connectivity index (χ2v) is 6.99. The highest BCUT2D eigenvalue weighted by molar-refractivity contribution is 5.82. The number of nitrogens with one attached hydrogen (secondary N) is 2. The number of benzene rings is 1. The number of hydrogen-bond donors (Lipinski definition) is 2. The van der Waals surface area contributed by atoms with Crippen LogP contribution in [0.5, 0.6) is 0 Å². The fraction of sp³-hybridized carbons (Fsp3) is 0.611. The van der Waals surface area contributed by atoms with Gasteiger partial charge in [0.1, 0.15) is 0 Å². The molecule has 21 heavy (non-hydrogen) atoms. The van der Waals surface area contributed by atoms with Crippen LogP contribution in [0.15, 0.2) is 24.3 Å². The molecule has 1 amide bonds. The van der Waals surface area contributed by atoms with Crippen LogP contribution in [0.2, 0.25) is 0 Å². The number of fused-ring (bicyclic) bond motifs is 1. The maximum Gasteiger partial charge on any atom is 0.237 e. The topological polar surface area (TPSA) is 41.1 Å². The van der Waals surface area contributed by atoms with Gasteiger partial charge in [-0.15, -0.1) is 0 Å². The molecule has 4 rings (SSSR count). The minimum atomic E-state index is -0.0565. The van der Waals surface area contributed by atoms with E-state index in [1.165, 1.54) is 36.8 Å². The Morgan fingerprint density at radius 2 is 1.81 bits per heavy atom. The van der Waals surface area contributed by atoms with Gasteiger partial charge in [0.2, 0.25) is 5.91 Å². The molecule has 1 heterocycles. The van der Waals surface area contributed by atoms with Gasteiger partial charge in [-0.05, 0) is 61.0 Å². The van der Waals surface area contributed by atoms with Gasteiger partial charge in [0.05, 0.1) is 6.04 Å². The van der Waals surface area contributed by atoms with E-state index in [0.717, 1.165) is 37.3 Å². The highest BCUT2D eigenvalue weighted by atomic mass is 16.2. The zero-order valence-corrected chi connectivity index (χ0v) is 12.5. The van der Waals surface area contributed by atoms with Gasteiger partial charge in [-0.2, -0.15) is 0 Å². The number of hydrogen-bond acceptors (Lipinski definition) is 2. The Morgan fingerprint density at radius 1 is 1.14 bits per heavy atom. The molecule has 1 aliphatic heterocycles. The minimum absolute atomic E-state index is 0.0565. The highest BCUT2D eigenvalue weighted by Crippen LogP contribution is 2.48. The van der Waals surface area contributed by atoms with E-state index in [2.05, 4.69) is 34.9 Å². The van der Waals surface area contributed by atoms with Crippen LogP contribution < -0.4 is 10.6 Å². The van der Waals surface area contributed by atoms with Crippen LogP contribution >= 0.6 is 0 Å². The van der Waals surface area contributed by atoms with Gasteiger partial charge in [0.15, 0.2) is 0 Å². The zero-order chi connectivity index (χ0) is 14.2. The summed E-state index contributed by atoms with van der Waals surface area (Å²) in [4.78, 5) is 12.4. The van der Waals surface area contributed by atoms with Crippen molar-refractivity contribution in [2.45, 2.75) is 44.7 Å². The number of carbonyl (C=O) groups excluding carboxylic acids is 1. The van der Waals surface area contributed by atoms with Gasteiger partial charge in [-0.1, -0.05) is 24.3 Å². The van der Waals surface area contributed by atoms with Gasteiger partial charge in [0.25, 0.3) is 0 Å². The smallest absolute Gasteiger partial charge is 0.237 e. The Balaban J connectivity index is 1.33. The van der Waals surface area contributed by atoms with Crippen molar-refractivity contribution in [3.05, 3.63) is 35.4 Å². The van der Waals surface area contributed by atoms with E-state index in [9.17, 15) is 4.79 Å². The summed E-state index contributed by atoms with van der Waals surface area (Å²) < 4.78 is 0. The largest absolute Gasteiger partial charge is 0.354 e. The Bertz CT molecular complexity index is 522. The molecule has 1 atom stereocenters. The number of carbonyl (C=O) groups is 1. The van der Waals surface area contributed by atoms with E-state index in [-0.39, 0.29) is 11.9 Å². The first-order valence-corrected chi connectivity index (χ1v) is 8.39. The molecule has 3 heteroatoms. The van der Waals surface area contributed by atoms with Gasteiger partial charge in [0, 0.05) is 13.1 Å². The van der Waals surface area contributed by atoms with Crippen molar-refractivity contribution in [3.63, 3.8) is 0 Å². The molecule has 112 valence electrons. The Morgan fingerprint density at radius 3 is 2.48 bits per heavy atom. The SMILES string of the molecule is O=C(NCC(C1CC1)C1CC1)C1Cc2ccccc2CN1. The van der Waals surface area contributed by atoms with Crippen molar-refractivity contribution < 1.29 is 4.79 Å². The van der Waals surface area contributed by atoms with E-state index in [1.807, 2.05) is 0 Å². The molecular formula is C18H24N2O. The quantitative estimate of drug-likeness (QED) is 0.871. The van der Waals surface area contributed by atoms with Crippen molar-refractivity contribution in [2.24, 2.45) is 17.8 Å². The van der Waals surface area contributed by atoms with Gasteiger partial charge in [-0.25, -0.2) is 0 Å². The molecular weight excluding hydrogens is 260 g/mol. The predicted octanol–water partition coefficient (Wildman–Crippen LogP) is 2.25. The van der Waals surface area contributed by atoms with Crippen molar-refractivity contribution in [1.82, 2.24) is 10.6 Å². The summed E-state index contributed by atoms with van der Waals surface area (Å²) in [5, 5.41) is 6.60. The summed E-state index contributed by atoms with van der Waals surface area (Å²) in [6.45, 7) is 1.71. The fourth-order valence-electron chi connectivity index (χ4n) is 3.75.